The molecule has 140 valence electrons. The number of thioether (sulfide) groups is 1. The number of rotatable bonds is 8. The van der Waals surface area contributed by atoms with Crippen LogP contribution in [0.15, 0.2) is 33.9 Å². The maximum Gasteiger partial charge on any atom is 0.328 e. The van der Waals surface area contributed by atoms with Gasteiger partial charge in [0, 0.05) is 10.6 Å². The fourth-order valence-electron chi connectivity index (χ4n) is 2.12. The molecule has 1 heterocycles. The number of nitrogens with zero attached hydrogens (tertiary/aromatic N) is 2. The normalized spacial score (nSPS) is 13.1. The Kier molecular flexibility index (Phi) is 7.47. The van der Waals surface area contributed by atoms with Crippen LogP contribution in [0.25, 0.3) is 11.5 Å². The molecule has 0 saturated heterocycles. The SMILES string of the molecule is CC[C@H](C)[C@@H](NC(=O)CSc1nnc(-c2ccc(Cl)cc2)o1)C(=O)OC. The number of amides is 1. The van der Waals surface area contributed by atoms with Crippen LogP contribution >= 0.6 is 23.4 Å². The van der Waals surface area contributed by atoms with Crippen LogP contribution in [0.1, 0.15) is 20.3 Å². The maximum absolute atomic E-state index is 12.1. The Morgan fingerprint density at radius 1 is 1.31 bits per heavy atom. The second kappa shape index (κ2) is 9.59. The van der Waals surface area contributed by atoms with Gasteiger partial charge in [-0.25, -0.2) is 4.79 Å². The minimum Gasteiger partial charge on any atom is -0.467 e. The van der Waals surface area contributed by atoms with Gasteiger partial charge in [-0.15, -0.1) is 10.2 Å². The first-order valence-electron chi connectivity index (χ1n) is 8.04. The fraction of sp³-hybridized carbons (Fsp3) is 0.412. The van der Waals surface area contributed by atoms with E-state index in [1.807, 2.05) is 13.8 Å². The largest absolute Gasteiger partial charge is 0.467 e. The monoisotopic (exact) mass is 397 g/mol. The Morgan fingerprint density at radius 2 is 2.00 bits per heavy atom. The topological polar surface area (TPSA) is 94.3 Å². The van der Waals surface area contributed by atoms with Crippen molar-refractivity contribution in [3.63, 3.8) is 0 Å². The highest BCUT2D eigenvalue weighted by Gasteiger charge is 2.26. The van der Waals surface area contributed by atoms with Crippen LogP contribution in [0, 0.1) is 5.92 Å². The first-order chi connectivity index (χ1) is 12.4. The van der Waals surface area contributed by atoms with Crippen LogP contribution in [0.4, 0.5) is 0 Å². The van der Waals surface area contributed by atoms with E-state index in [1.54, 1.807) is 24.3 Å². The first kappa shape index (κ1) is 20.3. The smallest absolute Gasteiger partial charge is 0.328 e. The van der Waals surface area contributed by atoms with E-state index in [9.17, 15) is 9.59 Å². The number of carbonyl (C=O) groups is 2. The van der Waals surface area contributed by atoms with Gasteiger partial charge in [0.25, 0.3) is 5.22 Å². The van der Waals surface area contributed by atoms with Gasteiger partial charge in [0.05, 0.1) is 12.9 Å². The van der Waals surface area contributed by atoms with Gasteiger partial charge < -0.3 is 14.5 Å². The third kappa shape index (κ3) is 5.47. The summed E-state index contributed by atoms with van der Waals surface area (Å²) in [4.78, 5) is 23.9. The molecule has 0 fully saturated rings. The highest BCUT2D eigenvalue weighted by Crippen LogP contribution is 2.24. The first-order valence-corrected chi connectivity index (χ1v) is 9.40. The molecule has 0 unspecified atom stereocenters. The number of esters is 1. The zero-order valence-corrected chi connectivity index (χ0v) is 16.3. The summed E-state index contributed by atoms with van der Waals surface area (Å²) in [5.74, 6) is -0.406. The number of hydrogen-bond acceptors (Lipinski definition) is 7. The molecule has 1 aromatic heterocycles. The number of nitrogens with one attached hydrogen (secondary N) is 1. The fourth-order valence-corrected chi connectivity index (χ4v) is 2.82. The molecule has 7 nitrogen and oxygen atoms in total. The van der Waals surface area contributed by atoms with E-state index in [4.69, 9.17) is 20.8 Å². The Hall–Kier alpha value is -2.06. The van der Waals surface area contributed by atoms with E-state index in [0.717, 1.165) is 23.7 Å². The predicted octanol–water partition coefficient (Wildman–Crippen LogP) is 3.19. The number of halogens is 1. The van der Waals surface area contributed by atoms with Crippen LogP contribution in [0.3, 0.4) is 0 Å². The van der Waals surface area contributed by atoms with Gasteiger partial charge >= 0.3 is 5.97 Å². The molecule has 0 aliphatic heterocycles. The molecular formula is C17H20ClN3O4S. The van der Waals surface area contributed by atoms with Crippen molar-refractivity contribution >= 4 is 35.2 Å². The predicted molar refractivity (Wildman–Crippen MR) is 98.9 cm³/mol. The second-order valence-corrected chi connectivity index (χ2v) is 6.99. The lowest BCUT2D eigenvalue weighted by atomic mass is 9.99. The molecule has 0 radical (unpaired) electrons. The molecule has 0 aliphatic carbocycles. The van der Waals surface area contributed by atoms with E-state index >= 15 is 0 Å². The van der Waals surface area contributed by atoms with Gasteiger partial charge in [-0.3, -0.25) is 4.79 Å². The van der Waals surface area contributed by atoms with Gasteiger partial charge in [0.15, 0.2) is 0 Å². The Morgan fingerprint density at radius 3 is 2.62 bits per heavy atom. The highest BCUT2D eigenvalue weighted by molar-refractivity contribution is 7.99. The number of benzene rings is 1. The van der Waals surface area contributed by atoms with E-state index in [2.05, 4.69) is 15.5 Å². The molecule has 2 aromatic rings. The number of methoxy groups -OCH3 is 1. The summed E-state index contributed by atoms with van der Waals surface area (Å²) in [6.45, 7) is 3.82. The Bertz CT molecular complexity index is 751. The van der Waals surface area contributed by atoms with Crippen molar-refractivity contribution < 1.29 is 18.7 Å². The van der Waals surface area contributed by atoms with E-state index in [1.165, 1.54) is 7.11 Å². The lowest BCUT2D eigenvalue weighted by Crippen LogP contribution is -2.46. The molecule has 1 amide bonds. The van der Waals surface area contributed by atoms with Crippen LogP contribution in [-0.2, 0) is 14.3 Å². The third-order valence-electron chi connectivity index (χ3n) is 3.81. The summed E-state index contributed by atoms with van der Waals surface area (Å²) < 4.78 is 10.3. The highest BCUT2D eigenvalue weighted by atomic mass is 35.5. The molecular weight excluding hydrogens is 378 g/mol. The Labute approximate surface area is 160 Å². The van der Waals surface area contributed by atoms with Crippen molar-refractivity contribution in [2.45, 2.75) is 31.5 Å². The summed E-state index contributed by atoms with van der Waals surface area (Å²) in [5.41, 5.74) is 0.737. The van der Waals surface area contributed by atoms with Crippen molar-refractivity contribution in [3.8, 4) is 11.5 Å². The van der Waals surface area contributed by atoms with E-state index in [0.29, 0.717) is 10.9 Å². The molecule has 26 heavy (non-hydrogen) atoms. The minimum atomic E-state index is -0.676. The molecule has 1 aromatic carbocycles. The maximum atomic E-state index is 12.1. The Balaban J connectivity index is 1.92. The van der Waals surface area contributed by atoms with Gasteiger partial charge in [-0.2, -0.15) is 0 Å². The van der Waals surface area contributed by atoms with Crippen LogP contribution in [-0.4, -0.2) is 41.0 Å². The summed E-state index contributed by atoms with van der Waals surface area (Å²) in [5, 5.41) is 11.4. The average molecular weight is 398 g/mol. The zero-order valence-electron chi connectivity index (χ0n) is 14.7. The molecule has 0 aliphatic rings. The molecule has 0 bridgehead atoms. The summed E-state index contributed by atoms with van der Waals surface area (Å²) in [6, 6.07) is 6.31. The second-order valence-electron chi connectivity index (χ2n) is 5.62. The molecule has 0 spiro atoms. The van der Waals surface area contributed by atoms with Crippen LogP contribution in [0.2, 0.25) is 5.02 Å². The van der Waals surface area contributed by atoms with Gasteiger partial charge in [0.1, 0.15) is 6.04 Å². The summed E-state index contributed by atoms with van der Waals surface area (Å²) in [6.07, 6.45) is 0.737. The molecule has 9 heteroatoms. The average Bonchev–Trinajstić information content (AvgIpc) is 3.12. The van der Waals surface area contributed by atoms with E-state index in [-0.39, 0.29) is 22.8 Å². The van der Waals surface area contributed by atoms with Gasteiger partial charge in [-0.1, -0.05) is 43.6 Å². The van der Waals surface area contributed by atoms with E-state index < -0.39 is 12.0 Å². The molecule has 1 N–H and O–H groups in total. The minimum absolute atomic E-state index is 0.0312. The van der Waals surface area contributed by atoms with Crippen LogP contribution < -0.4 is 5.32 Å². The molecule has 0 saturated carbocycles. The number of ether oxygens (including phenoxy) is 1. The van der Waals surface area contributed by atoms with Crippen molar-refractivity contribution in [3.05, 3.63) is 29.3 Å². The van der Waals surface area contributed by atoms with Gasteiger partial charge in [0.2, 0.25) is 11.8 Å². The lowest BCUT2D eigenvalue weighted by Gasteiger charge is -2.21. The van der Waals surface area contributed by atoms with Gasteiger partial charge in [-0.05, 0) is 30.2 Å². The zero-order chi connectivity index (χ0) is 19.1. The number of aromatic nitrogens is 2. The lowest BCUT2D eigenvalue weighted by molar-refractivity contribution is -0.146. The van der Waals surface area contributed by atoms with Crippen molar-refractivity contribution in [2.75, 3.05) is 12.9 Å². The van der Waals surface area contributed by atoms with Crippen LogP contribution in [0.5, 0.6) is 0 Å². The summed E-state index contributed by atoms with van der Waals surface area (Å²) >= 11 is 6.94. The van der Waals surface area contributed by atoms with Crippen molar-refractivity contribution in [1.82, 2.24) is 15.5 Å². The number of hydrogen-bond donors (Lipinski definition) is 1. The quantitative estimate of drug-likeness (QED) is 0.539. The molecule has 2 rings (SSSR count). The number of carbonyl (C=O) groups excluding carboxylic acids is 2. The third-order valence-corrected chi connectivity index (χ3v) is 4.88. The molecule has 2 atom stereocenters. The van der Waals surface area contributed by atoms with Crippen molar-refractivity contribution in [1.29, 1.82) is 0 Å². The summed E-state index contributed by atoms with van der Waals surface area (Å²) in [7, 11) is 1.30. The van der Waals surface area contributed by atoms with Crippen molar-refractivity contribution in [2.24, 2.45) is 5.92 Å². The standard InChI is InChI=1S/C17H20ClN3O4S/c1-4-10(2)14(16(23)24-3)19-13(22)9-26-17-21-20-15(25-17)11-5-7-12(18)8-6-11/h5-8,10,14H,4,9H2,1-3H3,(H,19,22)/t10-,14+/m0/s1.